The van der Waals surface area contributed by atoms with Gasteiger partial charge in [0, 0.05) is 25.2 Å². The number of benzene rings is 2. The van der Waals surface area contributed by atoms with Crippen LogP contribution in [0.5, 0.6) is 0 Å². The Bertz CT molecular complexity index is 1070. The number of hydrogen-bond donors (Lipinski definition) is 1. The molecule has 0 saturated carbocycles. The molecular weight excluding hydrogens is 374 g/mol. The molecule has 5 nitrogen and oxygen atoms in total. The molecule has 30 heavy (non-hydrogen) atoms. The Morgan fingerprint density at radius 1 is 0.967 bits per heavy atom. The number of H-pyrrole nitrogens is 1. The van der Waals surface area contributed by atoms with Gasteiger partial charge in [0.2, 0.25) is 5.91 Å². The fourth-order valence-electron chi connectivity index (χ4n) is 3.65. The fraction of sp³-hybridized carbons (Fsp3) is 0.240. The van der Waals surface area contributed by atoms with E-state index in [4.69, 9.17) is 0 Å². The first-order chi connectivity index (χ1) is 14.5. The Hall–Kier alpha value is -3.65. The van der Waals surface area contributed by atoms with Gasteiger partial charge in [-0.25, -0.2) is 0 Å². The molecule has 0 aliphatic carbocycles. The molecule has 0 fully saturated rings. The maximum absolute atomic E-state index is 13.2. The van der Waals surface area contributed by atoms with E-state index >= 15 is 0 Å². The first kappa shape index (κ1) is 21.1. The molecule has 2 aromatic carbocycles. The monoisotopic (exact) mass is 399 g/mol. The third kappa shape index (κ3) is 5.03. The second-order valence-electron chi connectivity index (χ2n) is 7.39. The summed E-state index contributed by atoms with van der Waals surface area (Å²) < 4.78 is 0. The molecule has 0 radical (unpaired) electrons. The van der Waals surface area contributed by atoms with Crippen LogP contribution in [0.1, 0.15) is 39.9 Å². The maximum Gasteiger partial charge on any atom is 0.266 e. The standard InChI is InChI=1S/C25H25N3O2/c1-18-22(19(2)27-25(30)23(18)15-26)13-14-24(29)28(16-20-9-5-3-6-10-20)17-21-11-7-4-8-12-21/h3-12H,13-14,16-17H2,1-2H3,(H,27,30). The Morgan fingerprint density at radius 3 is 2.00 bits per heavy atom. The van der Waals surface area contributed by atoms with Crippen molar-refractivity contribution in [3.05, 3.63) is 105 Å². The largest absolute Gasteiger partial charge is 0.334 e. The van der Waals surface area contributed by atoms with Gasteiger partial charge in [-0.15, -0.1) is 0 Å². The van der Waals surface area contributed by atoms with Crippen LogP contribution in [0.2, 0.25) is 0 Å². The number of amides is 1. The van der Waals surface area contributed by atoms with Crippen LogP contribution in [0.25, 0.3) is 0 Å². The van der Waals surface area contributed by atoms with Crippen LogP contribution in [0.4, 0.5) is 0 Å². The van der Waals surface area contributed by atoms with Crippen LogP contribution >= 0.6 is 0 Å². The second-order valence-corrected chi connectivity index (χ2v) is 7.39. The molecule has 3 aromatic rings. The van der Waals surface area contributed by atoms with Crippen LogP contribution < -0.4 is 5.56 Å². The fourth-order valence-corrected chi connectivity index (χ4v) is 3.65. The summed E-state index contributed by atoms with van der Waals surface area (Å²) in [6.07, 6.45) is 0.778. The number of nitrogens with one attached hydrogen (secondary N) is 1. The summed E-state index contributed by atoms with van der Waals surface area (Å²) in [6.45, 7) is 4.64. The average molecular weight is 399 g/mol. The van der Waals surface area contributed by atoms with E-state index in [0.29, 0.717) is 37.2 Å². The molecule has 5 heteroatoms. The molecule has 0 saturated heterocycles. The van der Waals surface area contributed by atoms with Crippen LogP contribution in [-0.4, -0.2) is 15.8 Å². The molecular formula is C25H25N3O2. The smallest absolute Gasteiger partial charge is 0.266 e. The van der Waals surface area contributed by atoms with Crippen molar-refractivity contribution in [3.63, 3.8) is 0 Å². The van der Waals surface area contributed by atoms with E-state index < -0.39 is 0 Å². The maximum atomic E-state index is 13.2. The van der Waals surface area contributed by atoms with Crippen LogP contribution in [0, 0.1) is 25.2 Å². The van der Waals surface area contributed by atoms with Crippen molar-refractivity contribution in [2.24, 2.45) is 0 Å². The lowest BCUT2D eigenvalue weighted by Crippen LogP contribution is -2.30. The first-order valence-electron chi connectivity index (χ1n) is 9.97. The molecule has 3 rings (SSSR count). The molecule has 0 spiro atoms. The third-order valence-electron chi connectivity index (χ3n) is 5.29. The van der Waals surface area contributed by atoms with Gasteiger partial charge in [0.05, 0.1) is 0 Å². The lowest BCUT2D eigenvalue weighted by molar-refractivity contribution is -0.132. The van der Waals surface area contributed by atoms with Gasteiger partial charge in [-0.2, -0.15) is 5.26 Å². The lowest BCUT2D eigenvalue weighted by atomic mass is 9.98. The molecule has 0 atom stereocenters. The summed E-state index contributed by atoms with van der Waals surface area (Å²) in [5.74, 6) is 0.0335. The summed E-state index contributed by atoms with van der Waals surface area (Å²) in [7, 11) is 0. The Labute approximate surface area is 176 Å². The predicted molar refractivity (Wildman–Crippen MR) is 117 cm³/mol. The molecule has 0 aliphatic heterocycles. The number of hydrogen-bond acceptors (Lipinski definition) is 3. The lowest BCUT2D eigenvalue weighted by Gasteiger charge is -2.23. The van der Waals surface area contributed by atoms with Crippen molar-refractivity contribution in [2.75, 3.05) is 0 Å². The number of aryl methyl sites for hydroxylation is 1. The van der Waals surface area contributed by atoms with Crippen LogP contribution in [0.3, 0.4) is 0 Å². The summed E-state index contributed by atoms with van der Waals surface area (Å²) in [5, 5.41) is 9.26. The number of nitriles is 1. The highest BCUT2D eigenvalue weighted by atomic mass is 16.2. The zero-order valence-electron chi connectivity index (χ0n) is 17.3. The molecule has 0 bridgehead atoms. The number of carbonyl (C=O) groups is 1. The van der Waals surface area contributed by atoms with Crippen molar-refractivity contribution < 1.29 is 4.79 Å². The van der Waals surface area contributed by atoms with Gasteiger partial charge in [0.1, 0.15) is 11.6 Å². The minimum atomic E-state index is -0.377. The molecule has 1 aromatic heterocycles. The molecule has 152 valence electrons. The number of aromatic nitrogens is 1. The van der Waals surface area contributed by atoms with E-state index in [0.717, 1.165) is 16.7 Å². The van der Waals surface area contributed by atoms with Gasteiger partial charge in [-0.1, -0.05) is 60.7 Å². The van der Waals surface area contributed by atoms with Crippen LogP contribution in [-0.2, 0) is 24.3 Å². The Morgan fingerprint density at radius 2 is 1.50 bits per heavy atom. The molecule has 1 heterocycles. The van der Waals surface area contributed by atoms with Crippen molar-refractivity contribution >= 4 is 5.91 Å². The highest BCUT2D eigenvalue weighted by Crippen LogP contribution is 2.17. The van der Waals surface area contributed by atoms with E-state index in [2.05, 4.69) is 4.98 Å². The van der Waals surface area contributed by atoms with Crippen molar-refractivity contribution in [1.29, 1.82) is 5.26 Å². The topological polar surface area (TPSA) is 77.0 Å². The van der Waals surface area contributed by atoms with Crippen LogP contribution in [0.15, 0.2) is 65.5 Å². The number of nitrogens with zero attached hydrogens (tertiary/aromatic N) is 2. The quantitative estimate of drug-likeness (QED) is 0.652. The van der Waals surface area contributed by atoms with Gasteiger partial charge in [0.25, 0.3) is 5.56 Å². The van der Waals surface area contributed by atoms with E-state index in [9.17, 15) is 14.9 Å². The van der Waals surface area contributed by atoms with Crippen molar-refractivity contribution in [3.8, 4) is 6.07 Å². The summed E-state index contributed by atoms with van der Waals surface area (Å²) in [5.41, 5.74) is 4.12. The molecule has 1 N–H and O–H groups in total. The Kier molecular flexibility index (Phi) is 6.82. The average Bonchev–Trinajstić information content (AvgIpc) is 2.74. The molecule has 0 aliphatic rings. The normalized spacial score (nSPS) is 10.4. The third-order valence-corrected chi connectivity index (χ3v) is 5.29. The van der Waals surface area contributed by atoms with Crippen molar-refractivity contribution in [1.82, 2.24) is 9.88 Å². The number of pyridine rings is 1. The molecule has 0 unspecified atom stereocenters. The Balaban J connectivity index is 1.80. The summed E-state index contributed by atoms with van der Waals surface area (Å²) in [6, 6.07) is 21.8. The number of carbonyl (C=O) groups excluding carboxylic acids is 1. The minimum Gasteiger partial charge on any atom is -0.334 e. The van der Waals surface area contributed by atoms with Gasteiger partial charge >= 0.3 is 0 Å². The van der Waals surface area contributed by atoms with E-state index in [-0.39, 0.29) is 17.0 Å². The summed E-state index contributed by atoms with van der Waals surface area (Å²) in [4.78, 5) is 29.7. The second kappa shape index (κ2) is 9.71. The van der Waals surface area contributed by atoms with Crippen molar-refractivity contribution in [2.45, 2.75) is 39.8 Å². The zero-order chi connectivity index (χ0) is 21.5. The number of aromatic amines is 1. The van der Waals surface area contributed by atoms with E-state index in [1.54, 1.807) is 13.8 Å². The minimum absolute atomic E-state index is 0.0335. The highest BCUT2D eigenvalue weighted by Gasteiger charge is 2.18. The highest BCUT2D eigenvalue weighted by molar-refractivity contribution is 5.76. The summed E-state index contributed by atoms with van der Waals surface area (Å²) >= 11 is 0. The van der Waals surface area contributed by atoms with E-state index in [1.807, 2.05) is 71.6 Å². The van der Waals surface area contributed by atoms with Gasteiger partial charge in [0.15, 0.2) is 0 Å². The van der Waals surface area contributed by atoms with Gasteiger partial charge < -0.3 is 9.88 Å². The predicted octanol–water partition coefficient (Wildman–Crippen LogP) is 4.03. The van der Waals surface area contributed by atoms with E-state index in [1.165, 1.54) is 0 Å². The first-order valence-corrected chi connectivity index (χ1v) is 9.97. The SMILES string of the molecule is Cc1[nH]c(=O)c(C#N)c(C)c1CCC(=O)N(Cc1ccccc1)Cc1ccccc1. The molecule has 1 amide bonds. The van der Waals surface area contributed by atoms with Gasteiger partial charge in [-0.05, 0) is 42.5 Å². The zero-order valence-corrected chi connectivity index (χ0v) is 17.3. The number of rotatable bonds is 7. The van der Waals surface area contributed by atoms with Gasteiger partial charge in [-0.3, -0.25) is 9.59 Å².